The molecule has 0 saturated carbocycles. The molecule has 1 saturated heterocycles. The van der Waals surface area contributed by atoms with Gasteiger partial charge in [0.15, 0.2) is 0 Å². The Morgan fingerprint density at radius 2 is 2.40 bits per heavy atom. The lowest BCUT2D eigenvalue weighted by atomic mass is 10.2. The van der Waals surface area contributed by atoms with Crippen molar-refractivity contribution in [2.75, 3.05) is 13.6 Å². The molecule has 1 aliphatic heterocycles. The van der Waals surface area contributed by atoms with Gasteiger partial charge in [0.05, 0.1) is 6.04 Å². The van der Waals surface area contributed by atoms with E-state index in [0.717, 1.165) is 0 Å². The summed E-state index contributed by atoms with van der Waals surface area (Å²) in [6.45, 7) is 0.402. The maximum absolute atomic E-state index is 12.6. The van der Waals surface area contributed by atoms with Crippen LogP contribution < -0.4 is 0 Å². The van der Waals surface area contributed by atoms with Crippen LogP contribution in [0.2, 0.25) is 0 Å². The van der Waals surface area contributed by atoms with Crippen molar-refractivity contribution in [1.29, 1.82) is 0 Å². The molecule has 2 atom stereocenters. The second kappa shape index (κ2) is 3.13. The SMILES string of the molecule is CN1C[C@H](F)C[C@H]1C(=O)I. The van der Waals surface area contributed by atoms with Crippen LogP contribution in [0.1, 0.15) is 6.42 Å². The first-order valence-corrected chi connectivity index (χ1v) is 4.23. The van der Waals surface area contributed by atoms with E-state index in [9.17, 15) is 9.18 Å². The van der Waals surface area contributed by atoms with Crippen molar-refractivity contribution >= 4 is 26.4 Å². The average Bonchev–Trinajstić information content (AvgIpc) is 2.10. The molecule has 1 heterocycles. The second-order valence-corrected chi connectivity index (χ2v) is 3.66. The number of likely N-dealkylation sites (N-methyl/N-ethyl adjacent to an activating group) is 1. The zero-order valence-corrected chi connectivity index (χ0v) is 7.84. The molecule has 2 nitrogen and oxygen atoms in total. The van der Waals surface area contributed by atoms with Gasteiger partial charge in [0.2, 0.25) is 3.79 Å². The Kier molecular flexibility index (Phi) is 2.62. The number of likely N-dealkylation sites (tertiary alicyclic amines) is 1. The van der Waals surface area contributed by atoms with E-state index >= 15 is 0 Å². The van der Waals surface area contributed by atoms with Crippen LogP contribution in [-0.2, 0) is 4.79 Å². The first kappa shape index (κ1) is 8.39. The lowest BCUT2D eigenvalue weighted by Crippen LogP contribution is -2.29. The van der Waals surface area contributed by atoms with Crippen LogP contribution >= 0.6 is 22.6 Å². The smallest absolute Gasteiger partial charge is 0.209 e. The quantitative estimate of drug-likeness (QED) is 0.515. The first-order valence-electron chi connectivity index (χ1n) is 3.15. The van der Waals surface area contributed by atoms with Gasteiger partial charge < -0.3 is 0 Å². The van der Waals surface area contributed by atoms with E-state index in [4.69, 9.17) is 0 Å². The van der Waals surface area contributed by atoms with Crippen LogP contribution in [0.25, 0.3) is 0 Å². The highest BCUT2D eigenvalue weighted by molar-refractivity contribution is 14.1. The number of carbonyl (C=O) groups is 1. The summed E-state index contributed by atoms with van der Waals surface area (Å²) in [4.78, 5) is 12.5. The molecule has 0 amide bonds. The van der Waals surface area contributed by atoms with Gasteiger partial charge in [-0.05, 0) is 7.05 Å². The summed E-state index contributed by atoms with van der Waals surface area (Å²) in [6, 6.07) is -0.185. The van der Waals surface area contributed by atoms with Gasteiger partial charge in [-0.2, -0.15) is 0 Å². The molecule has 0 aromatic carbocycles. The Labute approximate surface area is 72.9 Å². The first-order chi connectivity index (χ1) is 4.61. The Morgan fingerprint density at radius 3 is 2.60 bits per heavy atom. The molecule has 10 heavy (non-hydrogen) atoms. The number of alkyl halides is 1. The molecule has 0 unspecified atom stereocenters. The lowest BCUT2D eigenvalue weighted by Gasteiger charge is -2.13. The Bertz CT molecular complexity index is 153. The molecule has 0 spiro atoms. The molecular formula is C6H9FINO. The van der Waals surface area contributed by atoms with E-state index < -0.39 is 6.17 Å². The van der Waals surface area contributed by atoms with Crippen molar-refractivity contribution in [2.24, 2.45) is 0 Å². The summed E-state index contributed by atoms with van der Waals surface area (Å²) in [7, 11) is 1.78. The van der Waals surface area contributed by atoms with Crippen LogP contribution in [0, 0.1) is 0 Å². The predicted octanol–water partition coefficient (Wildman–Crippen LogP) is 0.990. The standard InChI is InChI=1S/C6H9FINO/c1-9-3-4(7)2-5(9)6(8)10/h4-5H,2-3H2,1H3/t4-,5+/m1/s1. The largest absolute Gasteiger partial charge is 0.293 e. The monoisotopic (exact) mass is 257 g/mol. The molecule has 0 aromatic heterocycles. The molecule has 1 rings (SSSR count). The average molecular weight is 257 g/mol. The topological polar surface area (TPSA) is 20.3 Å². The molecule has 0 N–H and O–H groups in total. The van der Waals surface area contributed by atoms with E-state index in [1.807, 2.05) is 0 Å². The van der Waals surface area contributed by atoms with Gasteiger partial charge in [-0.25, -0.2) is 4.39 Å². The minimum Gasteiger partial charge on any atom is -0.293 e. The number of halogens is 2. The zero-order valence-electron chi connectivity index (χ0n) is 5.68. The minimum atomic E-state index is -0.811. The van der Waals surface area contributed by atoms with E-state index in [1.165, 1.54) is 0 Å². The maximum Gasteiger partial charge on any atom is 0.209 e. The Hall–Kier alpha value is 0.290. The third kappa shape index (κ3) is 1.66. The second-order valence-electron chi connectivity index (χ2n) is 2.59. The zero-order chi connectivity index (χ0) is 7.72. The van der Waals surface area contributed by atoms with Gasteiger partial charge in [0, 0.05) is 35.6 Å². The van der Waals surface area contributed by atoms with Gasteiger partial charge >= 0.3 is 0 Å². The summed E-state index contributed by atoms with van der Waals surface area (Å²) < 4.78 is 12.6. The third-order valence-corrected chi connectivity index (χ3v) is 2.48. The number of carbonyl (C=O) groups excluding carboxylic acids is 1. The van der Waals surface area contributed by atoms with Crippen molar-refractivity contribution in [3.63, 3.8) is 0 Å². The fourth-order valence-corrected chi connectivity index (χ4v) is 1.93. The van der Waals surface area contributed by atoms with E-state index in [2.05, 4.69) is 0 Å². The fraction of sp³-hybridized carbons (Fsp3) is 0.833. The maximum atomic E-state index is 12.6. The van der Waals surface area contributed by atoms with E-state index in [1.54, 1.807) is 34.5 Å². The van der Waals surface area contributed by atoms with Crippen LogP contribution in [-0.4, -0.2) is 34.5 Å². The Morgan fingerprint density at radius 1 is 1.80 bits per heavy atom. The Balaban J connectivity index is 2.54. The molecular weight excluding hydrogens is 248 g/mol. The highest BCUT2D eigenvalue weighted by Gasteiger charge is 2.32. The summed E-state index contributed by atoms with van der Waals surface area (Å²) in [5.41, 5.74) is 0. The normalized spacial score (nSPS) is 34.7. The third-order valence-electron chi connectivity index (χ3n) is 1.76. The summed E-state index contributed by atoms with van der Waals surface area (Å²) in [6.07, 6.45) is -0.438. The summed E-state index contributed by atoms with van der Waals surface area (Å²) in [5.74, 6) is 0. The molecule has 1 fully saturated rings. The summed E-state index contributed by atoms with van der Waals surface area (Å²) >= 11 is 1.72. The van der Waals surface area contributed by atoms with E-state index in [-0.39, 0.29) is 9.83 Å². The van der Waals surface area contributed by atoms with Gasteiger partial charge in [-0.3, -0.25) is 9.69 Å². The van der Waals surface area contributed by atoms with Crippen molar-refractivity contribution < 1.29 is 9.18 Å². The highest BCUT2D eigenvalue weighted by atomic mass is 127. The molecule has 0 bridgehead atoms. The van der Waals surface area contributed by atoms with Crippen molar-refractivity contribution in [3.05, 3.63) is 0 Å². The molecule has 1 aliphatic rings. The van der Waals surface area contributed by atoms with Gasteiger partial charge in [-0.1, -0.05) is 0 Å². The number of hydrogen-bond acceptors (Lipinski definition) is 2. The highest BCUT2D eigenvalue weighted by Crippen LogP contribution is 2.20. The van der Waals surface area contributed by atoms with Gasteiger partial charge in [0.1, 0.15) is 6.17 Å². The lowest BCUT2D eigenvalue weighted by molar-refractivity contribution is -0.112. The van der Waals surface area contributed by atoms with E-state index in [0.29, 0.717) is 13.0 Å². The molecule has 58 valence electrons. The van der Waals surface area contributed by atoms with Crippen LogP contribution in [0.15, 0.2) is 0 Å². The molecule has 0 radical (unpaired) electrons. The minimum absolute atomic E-state index is 0.0419. The number of nitrogens with zero attached hydrogens (tertiary/aromatic N) is 1. The molecule has 0 aliphatic carbocycles. The van der Waals surface area contributed by atoms with Crippen LogP contribution in [0.5, 0.6) is 0 Å². The molecule has 4 heteroatoms. The number of hydrogen-bond donors (Lipinski definition) is 0. The predicted molar refractivity (Wildman–Crippen MR) is 45.0 cm³/mol. The number of rotatable bonds is 1. The van der Waals surface area contributed by atoms with Crippen LogP contribution in [0.3, 0.4) is 0 Å². The van der Waals surface area contributed by atoms with Crippen molar-refractivity contribution in [2.45, 2.75) is 18.6 Å². The van der Waals surface area contributed by atoms with Gasteiger partial charge in [0.25, 0.3) is 0 Å². The van der Waals surface area contributed by atoms with Crippen molar-refractivity contribution in [1.82, 2.24) is 4.90 Å². The summed E-state index contributed by atoms with van der Waals surface area (Å²) in [5, 5.41) is 0. The van der Waals surface area contributed by atoms with Gasteiger partial charge in [-0.15, -0.1) is 0 Å². The van der Waals surface area contributed by atoms with Crippen molar-refractivity contribution in [3.8, 4) is 0 Å². The fourth-order valence-electron chi connectivity index (χ4n) is 1.20. The van der Waals surface area contributed by atoms with Crippen LogP contribution in [0.4, 0.5) is 4.39 Å². The molecule has 0 aromatic rings.